The fraction of sp³-hybridized carbons (Fsp3) is 0.294. The lowest BCUT2D eigenvalue weighted by molar-refractivity contribution is -0.109. The third kappa shape index (κ3) is 2.89. The minimum absolute atomic E-state index is 0.0132. The number of aromatic nitrogens is 1. The highest BCUT2D eigenvalue weighted by molar-refractivity contribution is 6.08. The summed E-state index contributed by atoms with van der Waals surface area (Å²) in [7, 11) is 0. The molecule has 3 rings (SSSR count). The molecule has 0 aliphatic heterocycles. The van der Waals surface area contributed by atoms with Gasteiger partial charge in [0.25, 0.3) is 0 Å². The fourth-order valence-electron chi connectivity index (χ4n) is 2.92. The second kappa shape index (κ2) is 6.82. The molecule has 0 bridgehead atoms. The number of hydrogen-bond acceptors (Lipinski definition) is 4. The van der Waals surface area contributed by atoms with Crippen molar-refractivity contribution >= 4 is 28.3 Å². The average molecular weight is 334 g/mol. The third-order valence-corrected chi connectivity index (χ3v) is 4.01. The summed E-state index contributed by atoms with van der Waals surface area (Å²) in [4.78, 5) is 14.7. The fourth-order valence-corrected chi connectivity index (χ4v) is 2.92. The van der Waals surface area contributed by atoms with Crippen LogP contribution in [-0.4, -0.2) is 24.6 Å². The Morgan fingerprint density at radius 1 is 1.38 bits per heavy atom. The Balaban J connectivity index is 2.24. The van der Waals surface area contributed by atoms with Crippen LogP contribution in [0.3, 0.4) is 0 Å². The number of hydrogen-bond donors (Lipinski definition) is 1. The molecule has 3 aromatic rings. The zero-order valence-electron chi connectivity index (χ0n) is 13.0. The molecule has 2 aromatic heterocycles. The zero-order valence-corrected chi connectivity index (χ0v) is 13.0. The standard InChI is InChI=1S/C17H16F2N2O3/c1-2-10(7-21-9-22)11-3-4-14(24-17(18)19)16-15(11)12-8-20-6-5-13(12)23-16/h3-6,8-10,17H,2,7H2,1H3,(H,21,22). The van der Waals surface area contributed by atoms with Crippen LogP contribution in [0.4, 0.5) is 8.78 Å². The van der Waals surface area contributed by atoms with E-state index in [2.05, 4.69) is 15.0 Å². The van der Waals surface area contributed by atoms with Gasteiger partial charge in [-0.15, -0.1) is 0 Å². The van der Waals surface area contributed by atoms with E-state index in [0.29, 0.717) is 23.9 Å². The first-order valence-electron chi connectivity index (χ1n) is 7.56. The quantitative estimate of drug-likeness (QED) is 0.667. The van der Waals surface area contributed by atoms with Crippen LogP contribution in [0.1, 0.15) is 24.8 Å². The number of furan rings is 1. The van der Waals surface area contributed by atoms with Crippen molar-refractivity contribution in [3.63, 3.8) is 0 Å². The molecular formula is C17H16F2N2O3. The summed E-state index contributed by atoms with van der Waals surface area (Å²) < 4.78 is 35.7. The highest BCUT2D eigenvalue weighted by Gasteiger charge is 2.21. The van der Waals surface area contributed by atoms with Crippen molar-refractivity contribution in [2.45, 2.75) is 25.9 Å². The average Bonchev–Trinajstić information content (AvgIpc) is 2.96. The van der Waals surface area contributed by atoms with Gasteiger partial charge in [-0.1, -0.05) is 13.0 Å². The first-order chi connectivity index (χ1) is 11.7. The molecule has 0 saturated carbocycles. The summed E-state index contributed by atoms with van der Waals surface area (Å²) in [5.41, 5.74) is 1.71. The highest BCUT2D eigenvalue weighted by atomic mass is 19.3. The molecule has 0 spiro atoms. The van der Waals surface area contributed by atoms with Gasteiger partial charge in [0, 0.05) is 35.6 Å². The maximum Gasteiger partial charge on any atom is 0.387 e. The largest absolute Gasteiger partial charge is 0.452 e. The highest BCUT2D eigenvalue weighted by Crippen LogP contribution is 2.40. The molecule has 1 unspecified atom stereocenters. The molecule has 0 aliphatic carbocycles. The number of rotatable bonds is 7. The first kappa shape index (κ1) is 16.2. The summed E-state index contributed by atoms with van der Waals surface area (Å²) in [6.45, 7) is -0.506. The summed E-state index contributed by atoms with van der Waals surface area (Å²) in [6.07, 6.45) is 4.61. The Morgan fingerprint density at radius 2 is 2.21 bits per heavy atom. The Hall–Kier alpha value is -2.70. The van der Waals surface area contributed by atoms with Gasteiger partial charge >= 0.3 is 6.61 Å². The molecule has 0 saturated heterocycles. The van der Waals surface area contributed by atoms with Gasteiger partial charge in [-0.25, -0.2) is 0 Å². The van der Waals surface area contributed by atoms with Crippen LogP contribution in [0.15, 0.2) is 35.0 Å². The van der Waals surface area contributed by atoms with E-state index in [9.17, 15) is 13.6 Å². The van der Waals surface area contributed by atoms with Crippen LogP contribution in [0.5, 0.6) is 5.75 Å². The number of benzene rings is 1. The van der Waals surface area contributed by atoms with Gasteiger partial charge in [-0.3, -0.25) is 9.78 Å². The van der Waals surface area contributed by atoms with Gasteiger partial charge in [0.2, 0.25) is 6.41 Å². The van der Waals surface area contributed by atoms with Crippen molar-refractivity contribution in [1.82, 2.24) is 10.3 Å². The van der Waals surface area contributed by atoms with E-state index < -0.39 is 6.61 Å². The number of carbonyl (C=O) groups excluding carboxylic acids is 1. The molecule has 2 heterocycles. The van der Waals surface area contributed by atoms with Gasteiger partial charge in [0.05, 0.1) is 0 Å². The van der Waals surface area contributed by atoms with E-state index in [1.165, 1.54) is 6.07 Å². The molecule has 0 radical (unpaired) electrons. The molecule has 5 nitrogen and oxygen atoms in total. The van der Waals surface area contributed by atoms with Gasteiger partial charge in [-0.2, -0.15) is 8.78 Å². The maximum atomic E-state index is 12.7. The van der Waals surface area contributed by atoms with Crippen LogP contribution >= 0.6 is 0 Å². The Morgan fingerprint density at radius 3 is 2.92 bits per heavy atom. The van der Waals surface area contributed by atoms with Gasteiger partial charge < -0.3 is 14.5 Å². The third-order valence-electron chi connectivity index (χ3n) is 4.01. The number of nitrogens with zero attached hydrogens (tertiary/aromatic N) is 1. The molecule has 1 atom stereocenters. The summed E-state index contributed by atoms with van der Waals surface area (Å²) >= 11 is 0. The van der Waals surface area contributed by atoms with Crippen LogP contribution in [-0.2, 0) is 4.79 Å². The molecule has 1 N–H and O–H groups in total. The van der Waals surface area contributed by atoms with E-state index >= 15 is 0 Å². The molecule has 24 heavy (non-hydrogen) atoms. The second-order valence-electron chi connectivity index (χ2n) is 5.34. The predicted octanol–water partition coefficient (Wildman–Crippen LogP) is 3.82. The van der Waals surface area contributed by atoms with Gasteiger partial charge in [0.15, 0.2) is 11.3 Å². The van der Waals surface area contributed by atoms with E-state index in [0.717, 1.165) is 17.4 Å². The summed E-state index contributed by atoms with van der Waals surface area (Å²) in [5, 5.41) is 4.09. The SMILES string of the molecule is CCC(CNC=O)c1ccc(OC(F)F)c2oc3ccncc3c12. The number of pyridine rings is 1. The van der Waals surface area contributed by atoms with Crippen molar-refractivity contribution in [3.05, 3.63) is 36.2 Å². The van der Waals surface area contributed by atoms with Crippen molar-refractivity contribution in [2.75, 3.05) is 6.54 Å². The molecule has 1 amide bonds. The number of ether oxygens (including phenoxy) is 1. The minimum atomic E-state index is -2.94. The van der Waals surface area contributed by atoms with Crippen molar-refractivity contribution < 1.29 is 22.7 Å². The van der Waals surface area contributed by atoms with E-state index in [1.807, 2.05) is 6.92 Å². The lowest BCUT2D eigenvalue weighted by Gasteiger charge is -2.17. The summed E-state index contributed by atoms with van der Waals surface area (Å²) in [5.74, 6) is -0.00236. The Bertz CT molecular complexity index is 864. The lowest BCUT2D eigenvalue weighted by atomic mass is 9.92. The van der Waals surface area contributed by atoms with Gasteiger partial charge in [-0.05, 0) is 24.1 Å². The number of nitrogens with one attached hydrogen (secondary N) is 1. The van der Waals surface area contributed by atoms with E-state index in [4.69, 9.17) is 4.42 Å². The monoisotopic (exact) mass is 334 g/mol. The van der Waals surface area contributed by atoms with Crippen LogP contribution < -0.4 is 10.1 Å². The first-order valence-corrected chi connectivity index (χ1v) is 7.56. The molecule has 126 valence electrons. The minimum Gasteiger partial charge on any atom is -0.452 e. The van der Waals surface area contributed by atoms with Crippen molar-refractivity contribution in [2.24, 2.45) is 0 Å². The second-order valence-corrected chi connectivity index (χ2v) is 5.34. The zero-order chi connectivity index (χ0) is 17.1. The van der Waals surface area contributed by atoms with Crippen LogP contribution in [0.25, 0.3) is 21.9 Å². The van der Waals surface area contributed by atoms with Gasteiger partial charge in [0.1, 0.15) is 5.58 Å². The number of fused-ring (bicyclic) bond motifs is 3. The maximum absolute atomic E-state index is 12.7. The number of carbonyl (C=O) groups is 1. The smallest absolute Gasteiger partial charge is 0.387 e. The predicted molar refractivity (Wildman–Crippen MR) is 85.2 cm³/mol. The summed E-state index contributed by atoms with van der Waals surface area (Å²) in [6, 6.07) is 4.89. The van der Waals surface area contributed by atoms with E-state index in [1.54, 1.807) is 24.5 Å². The number of amides is 1. The van der Waals surface area contributed by atoms with E-state index in [-0.39, 0.29) is 17.3 Å². The van der Waals surface area contributed by atoms with Crippen LogP contribution in [0.2, 0.25) is 0 Å². The topological polar surface area (TPSA) is 64.4 Å². The molecule has 7 heteroatoms. The number of alkyl halides is 2. The van der Waals surface area contributed by atoms with Crippen molar-refractivity contribution in [1.29, 1.82) is 0 Å². The Kier molecular flexibility index (Phi) is 4.59. The van der Waals surface area contributed by atoms with Crippen LogP contribution in [0, 0.1) is 0 Å². The normalized spacial score (nSPS) is 12.7. The molecule has 0 fully saturated rings. The Labute approximate surface area is 136 Å². The molecule has 1 aromatic carbocycles. The molecule has 0 aliphatic rings. The lowest BCUT2D eigenvalue weighted by Crippen LogP contribution is -2.19. The molecular weight excluding hydrogens is 318 g/mol. The van der Waals surface area contributed by atoms with Crippen molar-refractivity contribution in [3.8, 4) is 5.75 Å². The number of halogens is 2.